The molecule has 0 N–H and O–H groups in total. The first-order valence-electron chi connectivity index (χ1n) is 4.73. The molecular weight excluding hydrogens is 184 g/mol. The third-order valence-corrected chi connectivity index (χ3v) is 2.43. The maximum absolute atomic E-state index is 6.09. The van der Waals surface area contributed by atoms with E-state index < -0.39 is 0 Å². The number of allylic oxidation sites excluding steroid dienone is 2. The zero-order valence-corrected chi connectivity index (χ0v) is 9.43. The minimum absolute atomic E-state index is 0.605. The third kappa shape index (κ3) is 3.92. The van der Waals surface area contributed by atoms with Crippen molar-refractivity contribution < 1.29 is 4.59 Å². The third-order valence-electron chi connectivity index (χ3n) is 2.00. The Labute approximate surface area is 85.5 Å². The zero-order chi connectivity index (χ0) is 9.90. The van der Waals surface area contributed by atoms with E-state index in [2.05, 4.69) is 5.10 Å². The van der Waals surface area contributed by atoms with Gasteiger partial charge in [0.2, 0.25) is 0 Å². The lowest BCUT2D eigenvalue weighted by Gasteiger charge is -2.16. The standard InChI is InChI=1S/C10H18ClN2/c1-13(2,3)12-8-9-6-4-5-7-10(9)11/h8H,4-7H2,1-3H3/q+1/b12-8-. The summed E-state index contributed by atoms with van der Waals surface area (Å²) in [6.07, 6.45) is 6.51. The van der Waals surface area contributed by atoms with E-state index in [1.165, 1.54) is 18.4 Å². The molecule has 0 heterocycles. The second kappa shape index (κ2) is 4.25. The summed E-state index contributed by atoms with van der Waals surface area (Å²) in [6.45, 7) is 0. The van der Waals surface area contributed by atoms with Gasteiger partial charge < -0.3 is 0 Å². The first-order chi connectivity index (χ1) is 5.99. The Hall–Kier alpha value is -0.340. The summed E-state index contributed by atoms with van der Waals surface area (Å²) in [5.41, 5.74) is 1.22. The van der Waals surface area contributed by atoms with Crippen molar-refractivity contribution in [1.82, 2.24) is 0 Å². The van der Waals surface area contributed by atoms with Crippen LogP contribution in [-0.2, 0) is 0 Å². The Balaban J connectivity index is 2.67. The van der Waals surface area contributed by atoms with Gasteiger partial charge in [-0.05, 0) is 31.3 Å². The van der Waals surface area contributed by atoms with E-state index in [0.29, 0.717) is 4.59 Å². The van der Waals surface area contributed by atoms with Crippen LogP contribution in [0.1, 0.15) is 25.7 Å². The first kappa shape index (κ1) is 10.7. The molecular formula is C10H18ClN2+. The number of halogens is 1. The van der Waals surface area contributed by atoms with Crippen LogP contribution < -0.4 is 0 Å². The molecule has 0 unspecified atom stereocenters. The van der Waals surface area contributed by atoms with Crippen LogP contribution >= 0.6 is 11.6 Å². The summed E-state index contributed by atoms with van der Waals surface area (Å²) in [4.78, 5) is 0. The van der Waals surface area contributed by atoms with Gasteiger partial charge in [0, 0.05) is 5.03 Å². The van der Waals surface area contributed by atoms with Crippen LogP contribution in [0.4, 0.5) is 0 Å². The summed E-state index contributed by atoms with van der Waals surface area (Å²) in [5, 5.41) is 5.40. The van der Waals surface area contributed by atoms with Crippen LogP contribution in [0.2, 0.25) is 0 Å². The lowest BCUT2D eigenvalue weighted by Crippen LogP contribution is -2.27. The topological polar surface area (TPSA) is 12.4 Å². The molecule has 0 amide bonds. The van der Waals surface area contributed by atoms with Gasteiger partial charge in [0.05, 0.1) is 27.4 Å². The molecule has 0 spiro atoms. The predicted molar refractivity (Wildman–Crippen MR) is 57.9 cm³/mol. The summed E-state index contributed by atoms with van der Waals surface area (Å²) in [7, 11) is 6.11. The zero-order valence-electron chi connectivity index (χ0n) is 8.68. The maximum atomic E-state index is 6.09. The second-order valence-corrected chi connectivity index (χ2v) is 4.78. The molecule has 0 atom stereocenters. The van der Waals surface area contributed by atoms with E-state index in [1.54, 1.807) is 0 Å². The minimum atomic E-state index is 0.605. The van der Waals surface area contributed by atoms with Crippen molar-refractivity contribution >= 4 is 17.8 Å². The number of hydrogen-bond donors (Lipinski definition) is 0. The molecule has 0 aromatic rings. The molecule has 13 heavy (non-hydrogen) atoms. The van der Waals surface area contributed by atoms with Gasteiger partial charge >= 0.3 is 0 Å². The van der Waals surface area contributed by atoms with E-state index >= 15 is 0 Å². The first-order valence-corrected chi connectivity index (χ1v) is 5.11. The van der Waals surface area contributed by atoms with Crippen molar-refractivity contribution in [2.45, 2.75) is 25.7 Å². The summed E-state index contributed by atoms with van der Waals surface area (Å²) >= 11 is 6.09. The van der Waals surface area contributed by atoms with Crippen molar-refractivity contribution in [2.75, 3.05) is 21.1 Å². The fraction of sp³-hybridized carbons (Fsp3) is 0.700. The highest BCUT2D eigenvalue weighted by atomic mass is 35.5. The van der Waals surface area contributed by atoms with E-state index in [0.717, 1.165) is 17.9 Å². The fourth-order valence-electron chi connectivity index (χ4n) is 1.27. The van der Waals surface area contributed by atoms with Crippen LogP contribution in [0.25, 0.3) is 0 Å². The lowest BCUT2D eigenvalue weighted by molar-refractivity contribution is -0.876. The smallest absolute Gasteiger partial charge is 0.0923 e. The molecule has 0 saturated carbocycles. The van der Waals surface area contributed by atoms with Crippen LogP contribution in [0.3, 0.4) is 0 Å². The molecule has 1 aliphatic carbocycles. The predicted octanol–water partition coefficient (Wildman–Crippen LogP) is 2.75. The molecule has 2 nitrogen and oxygen atoms in total. The molecule has 0 fully saturated rings. The van der Waals surface area contributed by atoms with Crippen LogP contribution in [0.15, 0.2) is 15.7 Å². The number of quaternary nitrogens is 1. The van der Waals surface area contributed by atoms with Gasteiger partial charge in [-0.3, -0.25) is 0 Å². The summed E-state index contributed by atoms with van der Waals surface area (Å²) in [5.74, 6) is 0. The molecule has 0 aromatic carbocycles. The van der Waals surface area contributed by atoms with Crippen LogP contribution in [0, 0.1) is 0 Å². The number of nitrogens with zero attached hydrogens (tertiary/aromatic N) is 2. The van der Waals surface area contributed by atoms with Gasteiger partial charge in [-0.2, -0.15) is 0 Å². The quantitative estimate of drug-likeness (QED) is 0.370. The van der Waals surface area contributed by atoms with Crippen molar-refractivity contribution in [1.29, 1.82) is 0 Å². The van der Waals surface area contributed by atoms with Crippen molar-refractivity contribution in [3.05, 3.63) is 10.6 Å². The molecule has 0 saturated heterocycles. The number of hydrogen-bond acceptors (Lipinski definition) is 1. The van der Waals surface area contributed by atoms with Crippen molar-refractivity contribution in [3.63, 3.8) is 0 Å². The number of rotatable bonds is 2. The van der Waals surface area contributed by atoms with E-state index in [1.807, 2.05) is 27.4 Å². The molecule has 0 radical (unpaired) electrons. The van der Waals surface area contributed by atoms with Crippen molar-refractivity contribution in [3.8, 4) is 0 Å². The Bertz CT molecular complexity index is 236. The molecule has 0 aliphatic heterocycles. The fourth-order valence-corrected chi connectivity index (χ4v) is 1.55. The molecule has 0 bridgehead atoms. The van der Waals surface area contributed by atoms with Crippen molar-refractivity contribution in [2.24, 2.45) is 5.10 Å². The molecule has 1 aliphatic rings. The molecule has 74 valence electrons. The van der Waals surface area contributed by atoms with E-state index in [-0.39, 0.29) is 0 Å². The highest BCUT2D eigenvalue weighted by Gasteiger charge is 2.10. The average molecular weight is 202 g/mol. The van der Waals surface area contributed by atoms with Crippen LogP contribution in [-0.4, -0.2) is 31.9 Å². The Morgan fingerprint density at radius 2 is 1.85 bits per heavy atom. The normalized spacial score (nSPS) is 20.0. The Kier molecular flexibility index (Phi) is 3.51. The Morgan fingerprint density at radius 1 is 1.23 bits per heavy atom. The largest absolute Gasteiger partial charge is 0.205 e. The second-order valence-electron chi connectivity index (χ2n) is 4.32. The van der Waals surface area contributed by atoms with Gasteiger partial charge in [-0.1, -0.05) is 16.7 Å². The summed E-state index contributed by atoms with van der Waals surface area (Å²) in [6, 6.07) is 0. The summed E-state index contributed by atoms with van der Waals surface area (Å²) < 4.78 is 0.605. The van der Waals surface area contributed by atoms with E-state index in [9.17, 15) is 0 Å². The molecule has 0 aromatic heterocycles. The van der Waals surface area contributed by atoms with Gasteiger partial charge in [0.15, 0.2) is 0 Å². The highest BCUT2D eigenvalue weighted by molar-refractivity contribution is 6.31. The van der Waals surface area contributed by atoms with Gasteiger partial charge in [-0.15, -0.1) is 0 Å². The molecule has 1 rings (SSSR count). The van der Waals surface area contributed by atoms with Crippen LogP contribution in [0.5, 0.6) is 0 Å². The average Bonchev–Trinajstić information content (AvgIpc) is 2.01. The minimum Gasteiger partial charge on any atom is -0.205 e. The highest BCUT2D eigenvalue weighted by Crippen LogP contribution is 2.26. The van der Waals surface area contributed by atoms with E-state index in [4.69, 9.17) is 11.6 Å². The maximum Gasteiger partial charge on any atom is 0.0923 e. The monoisotopic (exact) mass is 201 g/mol. The SMILES string of the molecule is C[N+](C)(C)/N=C\C1=C(Cl)CCCC1. The van der Waals surface area contributed by atoms with Gasteiger partial charge in [0.25, 0.3) is 0 Å². The lowest BCUT2D eigenvalue weighted by atomic mass is 10.0. The Morgan fingerprint density at radius 3 is 2.38 bits per heavy atom. The molecule has 3 heteroatoms. The van der Waals surface area contributed by atoms with Gasteiger partial charge in [0.1, 0.15) is 0 Å². The van der Waals surface area contributed by atoms with Gasteiger partial charge in [-0.25, -0.2) is 4.59 Å².